The van der Waals surface area contributed by atoms with Crippen LogP contribution in [0.2, 0.25) is 0 Å². The van der Waals surface area contributed by atoms with E-state index in [1.807, 2.05) is 0 Å². The zero-order valence-corrected chi connectivity index (χ0v) is 19.0. The van der Waals surface area contributed by atoms with Crippen molar-refractivity contribution >= 4 is 15.9 Å². The Balaban J connectivity index is 1.51. The van der Waals surface area contributed by atoms with E-state index in [-0.39, 0.29) is 0 Å². The summed E-state index contributed by atoms with van der Waals surface area (Å²) >= 11 is 3.54. The molecule has 28 heavy (non-hydrogen) atoms. The van der Waals surface area contributed by atoms with E-state index >= 15 is 0 Å². The Morgan fingerprint density at radius 3 is 2.29 bits per heavy atom. The van der Waals surface area contributed by atoms with Crippen molar-refractivity contribution in [1.82, 2.24) is 10.2 Å². The molecule has 3 rings (SSSR count). The van der Waals surface area contributed by atoms with E-state index in [0.29, 0.717) is 5.92 Å². The first-order valence-electron chi connectivity index (χ1n) is 11.3. The number of aryl methyl sites for hydroxylation is 1. The van der Waals surface area contributed by atoms with Gasteiger partial charge in [-0.2, -0.15) is 10.2 Å². The molecule has 1 aromatic carbocycles. The van der Waals surface area contributed by atoms with E-state index in [2.05, 4.69) is 69.4 Å². The molecule has 0 saturated heterocycles. The van der Waals surface area contributed by atoms with Crippen LogP contribution in [0.15, 0.2) is 36.4 Å². The predicted octanol–water partition coefficient (Wildman–Crippen LogP) is 7.72. The first-order chi connectivity index (χ1) is 13.8. The molecule has 0 amide bonds. The minimum Gasteiger partial charge on any atom is -0.155 e. The number of unbranched alkanes of at least 4 members (excludes halogenated alkanes) is 3. The van der Waals surface area contributed by atoms with Gasteiger partial charge < -0.3 is 0 Å². The molecule has 0 unspecified atom stereocenters. The van der Waals surface area contributed by atoms with E-state index in [0.717, 1.165) is 16.9 Å². The van der Waals surface area contributed by atoms with Gasteiger partial charge in [0.15, 0.2) is 0 Å². The van der Waals surface area contributed by atoms with Crippen molar-refractivity contribution in [1.29, 1.82) is 0 Å². The van der Waals surface area contributed by atoms with Crippen LogP contribution in [0.3, 0.4) is 0 Å². The van der Waals surface area contributed by atoms with Crippen molar-refractivity contribution in [2.24, 2.45) is 5.92 Å². The van der Waals surface area contributed by atoms with Gasteiger partial charge in [0.25, 0.3) is 0 Å². The predicted molar refractivity (Wildman–Crippen MR) is 123 cm³/mol. The maximum absolute atomic E-state index is 4.61. The van der Waals surface area contributed by atoms with Crippen molar-refractivity contribution < 1.29 is 0 Å². The molecule has 0 bridgehead atoms. The second kappa shape index (κ2) is 11.7. The molecule has 1 fully saturated rings. The summed E-state index contributed by atoms with van der Waals surface area (Å²) in [6, 6.07) is 13.3. The highest BCUT2D eigenvalue weighted by atomic mass is 79.9. The third kappa shape index (κ3) is 6.40. The van der Waals surface area contributed by atoms with Crippen molar-refractivity contribution in [3.8, 4) is 11.3 Å². The van der Waals surface area contributed by atoms with Crippen molar-refractivity contribution in [3.05, 3.63) is 47.7 Å². The lowest BCUT2D eigenvalue weighted by molar-refractivity contribution is 0.301. The fourth-order valence-corrected chi connectivity index (χ4v) is 4.81. The summed E-state index contributed by atoms with van der Waals surface area (Å²) in [7, 11) is 0. The van der Waals surface area contributed by atoms with Crippen molar-refractivity contribution in [2.45, 2.75) is 83.5 Å². The van der Waals surface area contributed by atoms with E-state index in [1.54, 1.807) is 0 Å². The summed E-state index contributed by atoms with van der Waals surface area (Å²) in [6.45, 7) is 2.25. The number of hydrogen-bond acceptors (Lipinski definition) is 2. The van der Waals surface area contributed by atoms with Gasteiger partial charge in [0.05, 0.1) is 11.4 Å². The van der Waals surface area contributed by atoms with Gasteiger partial charge in [-0.3, -0.25) is 0 Å². The van der Waals surface area contributed by atoms with Crippen LogP contribution in [0.1, 0.15) is 88.3 Å². The quantitative estimate of drug-likeness (QED) is 0.278. The summed E-state index contributed by atoms with van der Waals surface area (Å²) in [6.07, 6.45) is 14.4. The Morgan fingerprint density at radius 1 is 0.857 bits per heavy atom. The first kappa shape index (κ1) is 21.5. The monoisotopic (exact) mass is 442 g/mol. The molecular weight excluding hydrogens is 408 g/mol. The molecule has 3 heteroatoms. The van der Waals surface area contributed by atoms with Gasteiger partial charge in [0.1, 0.15) is 0 Å². The Morgan fingerprint density at radius 2 is 1.64 bits per heavy atom. The van der Waals surface area contributed by atoms with E-state index < -0.39 is 0 Å². The molecule has 1 heterocycles. The Hall–Kier alpha value is -1.22. The molecule has 152 valence electrons. The van der Waals surface area contributed by atoms with Gasteiger partial charge in [-0.15, -0.1) is 0 Å². The Labute approximate surface area is 179 Å². The minimum atomic E-state index is 0.606. The molecular formula is C25H35BrN2. The second-order valence-electron chi connectivity index (χ2n) is 8.40. The fraction of sp³-hybridized carbons (Fsp3) is 0.600. The van der Waals surface area contributed by atoms with Crippen LogP contribution in [0.4, 0.5) is 0 Å². The summed E-state index contributed by atoms with van der Waals surface area (Å²) in [5, 5.41) is 10.3. The van der Waals surface area contributed by atoms with Gasteiger partial charge in [-0.1, -0.05) is 72.8 Å². The summed E-state index contributed by atoms with van der Waals surface area (Å²) < 4.78 is 0. The van der Waals surface area contributed by atoms with E-state index in [1.165, 1.54) is 87.4 Å². The van der Waals surface area contributed by atoms with Crippen molar-refractivity contribution in [2.75, 3.05) is 5.33 Å². The van der Waals surface area contributed by atoms with Crippen LogP contribution in [-0.4, -0.2) is 15.5 Å². The highest BCUT2D eigenvalue weighted by Crippen LogP contribution is 2.37. The van der Waals surface area contributed by atoms with Crippen LogP contribution in [0, 0.1) is 5.92 Å². The van der Waals surface area contributed by atoms with Gasteiger partial charge in [-0.25, -0.2) is 0 Å². The molecule has 1 saturated carbocycles. The van der Waals surface area contributed by atoms with Crippen LogP contribution in [0.25, 0.3) is 11.3 Å². The van der Waals surface area contributed by atoms with Gasteiger partial charge in [-0.05, 0) is 68.6 Å². The maximum Gasteiger partial charge on any atom is 0.0929 e. The summed E-state index contributed by atoms with van der Waals surface area (Å²) in [5.41, 5.74) is 4.79. The van der Waals surface area contributed by atoms with Gasteiger partial charge >= 0.3 is 0 Å². The third-order valence-electron chi connectivity index (χ3n) is 6.26. The normalized spacial score (nSPS) is 19.6. The van der Waals surface area contributed by atoms with Crippen LogP contribution in [0.5, 0.6) is 0 Å². The lowest BCUT2D eigenvalue weighted by Crippen LogP contribution is -2.14. The van der Waals surface area contributed by atoms with Crippen LogP contribution < -0.4 is 0 Å². The molecule has 1 aliphatic rings. The minimum absolute atomic E-state index is 0.606. The number of halogens is 1. The van der Waals surface area contributed by atoms with Crippen LogP contribution in [-0.2, 0) is 6.42 Å². The summed E-state index contributed by atoms with van der Waals surface area (Å²) in [4.78, 5) is 0. The average molecular weight is 443 g/mol. The fourth-order valence-electron chi connectivity index (χ4n) is 4.41. The standard InChI is InChI=1S/C25H35BrN2/c1-2-3-4-7-20-9-13-22(14-10-20)24-17-18-25(28-27-24)23-15-11-21(12-16-23)8-5-6-19-26/h9-10,13-14,17-18,21,23H,2-8,11-12,15-16,19H2,1H3. The SMILES string of the molecule is CCCCCc1ccc(-c2ccc(C3CCC(CCCCBr)CC3)nn2)cc1. The van der Waals surface area contributed by atoms with Crippen LogP contribution >= 0.6 is 15.9 Å². The topological polar surface area (TPSA) is 25.8 Å². The Bertz CT molecular complexity index is 673. The average Bonchev–Trinajstić information content (AvgIpc) is 2.75. The molecule has 0 aliphatic heterocycles. The van der Waals surface area contributed by atoms with Gasteiger partial charge in [0.2, 0.25) is 0 Å². The molecule has 0 N–H and O–H groups in total. The number of hydrogen-bond donors (Lipinski definition) is 0. The zero-order valence-electron chi connectivity index (χ0n) is 17.4. The first-order valence-corrected chi connectivity index (χ1v) is 12.4. The number of rotatable bonds is 10. The number of benzene rings is 1. The van der Waals surface area contributed by atoms with E-state index in [9.17, 15) is 0 Å². The molecule has 0 radical (unpaired) electrons. The zero-order chi connectivity index (χ0) is 19.6. The third-order valence-corrected chi connectivity index (χ3v) is 6.83. The van der Waals surface area contributed by atoms with E-state index in [4.69, 9.17) is 0 Å². The molecule has 0 spiro atoms. The molecule has 1 aliphatic carbocycles. The van der Waals surface area contributed by atoms with Gasteiger partial charge in [0, 0.05) is 16.8 Å². The molecule has 1 aromatic heterocycles. The largest absolute Gasteiger partial charge is 0.155 e. The number of alkyl halides is 1. The van der Waals surface area contributed by atoms with Crippen molar-refractivity contribution in [3.63, 3.8) is 0 Å². The number of aromatic nitrogens is 2. The maximum atomic E-state index is 4.61. The molecule has 2 nitrogen and oxygen atoms in total. The Kier molecular flexibility index (Phi) is 8.98. The summed E-state index contributed by atoms with van der Waals surface area (Å²) in [5.74, 6) is 1.54. The smallest absolute Gasteiger partial charge is 0.0929 e. The lowest BCUT2D eigenvalue weighted by Gasteiger charge is -2.28. The molecule has 2 aromatic rings. The lowest BCUT2D eigenvalue weighted by atomic mass is 9.78. The molecule has 0 atom stereocenters. The number of nitrogens with zero attached hydrogens (tertiary/aromatic N) is 2. The highest BCUT2D eigenvalue weighted by molar-refractivity contribution is 9.09. The second-order valence-corrected chi connectivity index (χ2v) is 9.19. The highest BCUT2D eigenvalue weighted by Gasteiger charge is 2.23.